The van der Waals surface area contributed by atoms with Crippen molar-refractivity contribution in [1.82, 2.24) is 5.32 Å². The van der Waals surface area contributed by atoms with Crippen LogP contribution in [0.5, 0.6) is 0 Å². The molecule has 2 N–H and O–H groups in total. The molecule has 5 nitrogen and oxygen atoms in total. The molecule has 0 aliphatic rings. The van der Waals surface area contributed by atoms with E-state index in [1.54, 1.807) is 6.07 Å². The van der Waals surface area contributed by atoms with Crippen LogP contribution < -0.4 is 10.6 Å². The first-order valence-corrected chi connectivity index (χ1v) is 5.76. The first kappa shape index (κ1) is 14.3. The van der Waals surface area contributed by atoms with Crippen LogP contribution in [0.3, 0.4) is 0 Å². The lowest BCUT2D eigenvalue weighted by Crippen LogP contribution is -2.17. The van der Waals surface area contributed by atoms with Gasteiger partial charge in [-0.15, -0.1) is 0 Å². The summed E-state index contributed by atoms with van der Waals surface area (Å²) in [6, 6.07) is 11.1. The summed E-state index contributed by atoms with van der Waals surface area (Å²) in [5.74, 6) is -0.471. The highest BCUT2D eigenvalue weighted by Crippen LogP contribution is 2.13. The standard InChI is InChI=1S/C14H14N4O/c1-11-5-2-3-6-13(11)18-14(19)12(9-16)10-17-8-4-7-15/h2-3,5-6,10,17H,4,8H2,1H3,(H,18,19)/b12-10-. The van der Waals surface area contributed by atoms with E-state index >= 15 is 0 Å². The van der Waals surface area contributed by atoms with Gasteiger partial charge in [0.05, 0.1) is 12.5 Å². The SMILES string of the molecule is Cc1ccccc1NC(=O)/C(C#N)=C\NCCC#N. The summed E-state index contributed by atoms with van der Waals surface area (Å²) in [4.78, 5) is 11.9. The highest BCUT2D eigenvalue weighted by atomic mass is 16.1. The summed E-state index contributed by atoms with van der Waals surface area (Å²) in [7, 11) is 0. The highest BCUT2D eigenvalue weighted by molar-refractivity contribution is 6.06. The molecule has 0 saturated carbocycles. The van der Waals surface area contributed by atoms with E-state index < -0.39 is 5.91 Å². The predicted molar refractivity (Wildman–Crippen MR) is 71.7 cm³/mol. The van der Waals surface area contributed by atoms with E-state index in [9.17, 15) is 4.79 Å². The molecular formula is C14H14N4O. The van der Waals surface area contributed by atoms with Crippen molar-refractivity contribution in [2.75, 3.05) is 11.9 Å². The molecule has 1 amide bonds. The van der Waals surface area contributed by atoms with Gasteiger partial charge in [-0.25, -0.2) is 0 Å². The largest absolute Gasteiger partial charge is 0.389 e. The average Bonchev–Trinajstić information content (AvgIpc) is 2.41. The zero-order valence-electron chi connectivity index (χ0n) is 10.6. The average molecular weight is 254 g/mol. The van der Waals surface area contributed by atoms with Crippen molar-refractivity contribution >= 4 is 11.6 Å². The number of para-hydroxylation sites is 1. The molecule has 0 heterocycles. The van der Waals surface area contributed by atoms with Crippen LogP contribution in [0.4, 0.5) is 5.69 Å². The molecule has 0 unspecified atom stereocenters. The zero-order chi connectivity index (χ0) is 14.1. The monoisotopic (exact) mass is 254 g/mol. The quantitative estimate of drug-likeness (QED) is 0.476. The minimum absolute atomic E-state index is 0.0267. The number of nitrogens with zero attached hydrogens (tertiary/aromatic N) is 2. The van der Waals surface area contributed by atoms with E-state index in [0.717, 1.165) is 5.56 Å². The van der Waals surface area contributed by atoms with Crippen LogP contribution in [0.1, 0.15) is 12.0 Å². The number of anilines is 1. The normalized spacial score (nSPS) is 10.2. The van der Waals surface area contributed by atoms with Crippen LogP contribution in [0, 0.1) is 29.6 Å². The summed E-state index contributed by atoms with van der Waals surface area (Å²) < 4.78 is 0. The molecule has 0 aliphatic heterocycles. The number of hydrogen-bond donors (Lipinski definition) is 2. The van der Waals surface area contributed by atoms with E-state index in [2.05, 4.69) is 10.6 Å². The molecule has 0 aromatic heterocycles. The number of benzene rings is 1. The number of hydrogen-bond acceptors (Lipinski definition) is 4. The molecule has 1 aromatic rings. The lowest BCUT2D eigenvalue weighted by atomic mass is 10.2. The van der Waals surface area contributed by atoms with Crippen molar-refractivity contribution < 1.29 is 4.79 Å². The summed E-state index contributed by atoms with van der Waals surface area (Å²) in [5, 5.41) is 22.7. The predicted octanol–water partition coefficient (Wildman–Crippen LogP) is 1.84. The van der Waals surface area contributed by atoms with E-state index in [1.165, 1.54) is 6.20 Å². The van der Waals surface area contributed by atoms with Crippen LogP contribution in [0.15, 0.2) is 36.0 Å². The fourth-order valence-corrected chi connectivity index (χ4v) is 1.35. The number of rotatable bonds is 5. The van der Waals surface area contributed by atoms with Crippen molar-refractivity contribution in [2.45, 2.75) is 13.3 Å². The summed E-state index contributed by atoms with van der Waals surface area (Å²) in [5.41, 5.74) is 1.57. The maximum atomic E-state index is 11.9. The Balaban J connectivity index is 2.68. The Morgan fingerprint density at radius 2 is 2.11 bits per heavy atom. The molecule has 0 bridgehead atoms. The van der Waals surface area contributed by atoms with Crippen molar-refractivity contribution in [3.05, 3.63) is 41.6 Å². The number of nitriles is 2. The third-order valence-corrected chi connectivity index (χ3v) is 2.39. The van der Waals surface area contributed by atoms with Crippen molar-refractivity contribution in [3.8, 4) is 12.1 Å². The molecular weight excluding hydrogens is 240 g/mol. The Bertz CT molecular complexity index is 564. The number of amides is 1. The first-order valence-electron chi connectivity index (χ1n) is 5.76. The van der Waals surface area contributed by atoms with Gasteiger partial charge in [-0.2, -0.15) is 10.5 Å². The summed E-state index contributed by atoms with van der Waals surface area (Å²) >= 11 is 0. The Morgan fingerprint density at radius 3 is 2.74 bits per heavy atom. The number of aryl methyl sites for hydroxylation is 1. The smallest absolute Gasteiger partial charge is 0.267 e. The second-order valence-corrected chi connectivity index (χ2v) is 3.80. The van der Waals surface area contributed by atoms with Crippen LogP contribution in [-0.2, 0) is 4.79 Å². The van der Waals surface area contributed by atoms with Gasteiger partial charge in [-0.05, 0) is 18.6 Å². The second-order valence-electron chi connectivity index (χ2n) is 3.80. The molecule has 0 atom stereocenters. The first-order chi connectivity index (χ1) is 9.19. The van der Waals surface area contributed by atoms with Crippen molar-refractivity contribution in [1.29, 1.82) is 10.5 Å². The molecule has 0 aliphatic carbocycles. The fourth-order valence-electron chi connectivity index (χ4n) is 1.35. The minimum atomic E-state index is -0.471. The maximum Gasteiger partial charge on any atom is 0.267 e. The van der Waals surface area contributed by atoms with Gasteiger partial charge in [0.1, 0.15) is 11.6 Å². The van der Waals surface area contributed by atoms with Gasteiger partial charge in [0.2, 0.25) is 0 Å². The van der Waals surface area contributed by atoms with E-state index in [0.29, 0.717) is 18.7 Å². The number of carbonyl (C=O) groups excluding carboxylic acids is 1. The van der Waals surface area contributed by atoms with Crippen LogP contribution in [-0.4, -0.2) is 12.5 Å². The van der Waals surface area contributed by atoms with Crippen molar-refractivity contribution in [2.24, 2.45) is 0 Å². The molecule has 0 fully saturated rings. The van der Waals surface area contributed by atoms with E-state index in [4.69, 9.17) is 10.5 Å². The highest BCUT2D eigenvalue weighted by Gasteiger charge is 2.09. The van der Waals surface area contributed by atoms with Crippen molar-refractivity contribution in [3.63, 3.8) is 0 Å². The Hall–Kier alpha value is -2.79. The van der Waals surface area contributed by atoms with Gasteiger partial charge >= 0.3 is 0 Å². The Labute approximate surface area is 112 Å². The molecule has 1 rings (SSSR count). The second kappa shape index (κ2) is 7.52. The maximum absolute atomic E-state index is 11.9. The molecule has 0 spiro atoms. The number of carbonyl (C=O) groups is 1. The van der Waals surface area contributed by atoms with Crippen LogP contribution in [0.25, 0.3) is 0 Å². The van der Waals surface area contributed by atoms with Gasteiger partial charge < -0.3 is 10.6 Å². The van der Waals surface area contributed by atoms with E-state index in [-0.39, 0.29) is 5.57 Å². The van der Waals surface area contributed by atoms with E-state index in [1.807, 2.05) is 37.3 Å². The molecule has 96 valence electrons. The third-order valence-electron chi connectivity index (χ3n) is 2.39. The molecule has 0 radical (unpaired) electrons. The van der Waals surface area contributed by atoms with Gasteiger partial charge in [0.15, 0.2) is 0 Å². The van der Waals surface area contributed by atoms with Gasteiger partial charge in [0, 0.05) is 18.4 Å². The zero-order valence-corrected chi connectivity index (χ0v) is 10.6. The third kappa shape index (κ3) is 4.53. The molecule has 0 saturated heterocycles. The lowest BCUT2D eigenvalue weighted by Gasteiger charge is -2.07. The Morgan fingerprint density at radius 1 is 1.37 bits per heavy atom. The topological polar surface area (TPSA) is 88.7 Å². The van der Waals surface area contributed by atoms with Gasteiger partial charge in [0.25, 0.3) is 5.91 Å². The summed E-state index contributed by atoms with van der Waals surface area (Å²) in [6.45, 7) is 2.27. The fraction of sp³-hybridized carbons (Fsp3) is 0.214. The minimum Gasteiger partial charge on any atom is -0.389 e. The molecule has 1 aromatic carbocycles. The number of nitrogens with one attached hydrogen (secondary N) is 2. The van der Waals surface area contributed by atoms with Crippen LogP contribution in [0.2, 0.25) is 0 Å². The van der Waals surface area contributed by atoms with Gasteiger partial charge in [-0.3, -0.25) is 4.79 Å². The molecule has 19 heavy (non-hydrogen) atoms. The Kier molecular flexibility index (Phi) is 5.65. The lowest BCUT2D eigenvalue weighted by molar-refractivity contribution is -0.112. The van der Waals surface area contributed by atoms with Gasteiger partial charge in [-0.1, -0.05) is 18.2 Å². The molecule has 5 heteroatoms. The summed E-state index contributed by atoms with van der Waals surface area (Å²) in [6.07, 6.45) is 1.64. The van der Waals surface area contributed by atoms with Crippen LogP contribution >= 0.6 is 0 Å².